The molecule has 0 spiro atoms. The number of benzene rings is 2. The molecule has 0 unspecified atom stereocenters. The first kappa shape index (κ1) is 21.2. The van der Waals surface area contributed by atoms with Crippen LogP contribution in [0.1, 0.15) is 46.0 Å². The van der Waals surface area contributed by atoms with Gasteiger partial charge in [0.1, 0.15) is 18.0 Å². The van der Waals surface area contributed by atoms with Gasteiger partial charge in [0.25, 0.3) is 5.91 Å². The molecule has 1 amide bonds. The highest BCUT2D eigenvalue weighted by molar-refractivity contribution is 6.05. The van der Waals surface area contributed by atoms with E-state index in [9.17, 15) is 14.7 Å². The summed E-state index contributed by atoms with van der Waals surface area (Å²) in [5, 5.41) is 21.0. The van der Waals surface area contributed by atoms with Crippen LogP contribution in [0.3, 0.4) is 0 Å². The topological polar surface area (TPSA) is 117 Å². The van der Waals surface area contributed by atoms with Crippen LogP contribution in [0.5, 0.6) is 0 Å². The van der Waals surface area contributed by atoms with E-state index in [4.69, 9.17) is 4.74 Å². The summed E-state index contributed by atoms with van der Waals surface area (Å²) >= 11 is 0. The second-order valence-corrected chi connectivity index (χ2v) is 7.84. The van der Waals surface area contributed by atoms with Crippen molar-refractivity contribution in [2.45, 2.75) is 26.1 Å². The van der Waals surface area contributed by atoms with Crippen LogP contribution in [0.25, 0.3) is 10.9 Å². The lowest BCUT2D eigenvalue weighted by molar-refractivity contribution is 0.0465. The van der Waals surface area contributed by atoms with Crippen molar-refractivity contribution in [1.29, 1.82) is 0 Å². The fourth-order valence-corrected chi connectivity index (χ4v) is 3.26. The molecule has 8 nitrogen and oxygen atoms in total. The van der Waals surface area contributed by atoms with Crippen molar-refractivity contribution in [3.63, 3.8) is 0 Å². The Bertz CT molecular complexity index is 1280. The Morgan fingerprint density at radius 1 is 1.06 bits per heavy atom. The van der Waals surface area contributed by atoms with Crippen molar-refractivity contribution in [2.24, 2.45) is 0 Å². The summed E-state index contributed by atoms with van der Waals surface area (Å²) in [6.07, 6.45) is 1.63. The highest BCUT2D eigenvalue weighted by Gasteiger charge is 2.23. The van der Waals surface area contributed by atoms with Crippen LogP contribution in [0, 0.1) is 0 Å². The number of aromatic nitrogens is 3. The van der Waals surface area contributed by atoms with E-state index < -0.39 is 17.5 Å². The van der Waals surface area contributed by atoms with E-state index in [1.54, 1.807) is 38.2 Å². The maximum Gasteiger partial charge on any atom is 0.357 e. The van der Waals surface area contributed by atoms with Gasteiger partial charge in [-0.25, -0.2) is 9.78 Å². The maximum absolute atomic E-state index is 12.9. The fourth-order valence-electron chi connectivity index (χ4n) is 3.26. The number of anilines is 1. The quantitative estimate of drug-likeness (QED) is 0.401. The molecule has 162 valence electrons. The van der Waals surface area contributed by atoms with Crippen molar-refractivity contribution < 1.29 is 19.4 Å². The summed E-state index contributed by atoms with van der Waals surface area (Å²) in [4.78, 5) is 29.4. The third-order valence-electron chi connectivity index (χ3n) is 4.89. The highest BCUT2D eigenvalue weighted by Crippen LogP contribution is 2.31. The monoisotopic (exact) mass is 430 g/mol. The van der Waals surface area contributed by atoms with Crippen LogP contribution in [0.4, 0.5) is 5.69 Å². The van der Waals surface area contributed by atoms with Crippen molar-refractivity contribution in [3.8, 4) is 0 Å². The number of esters is 1. The van der Waals surface area contributed by atoms with Gasteiger partial charge < -0.3 is 15.2 Å². The van der Waals surface area contributed by atoms with Crippen LogP contribution < -0.4 is 5.32 Å². The standard InChI is InChI=1S/C24H22N4O4/c1-24(2,31)17-12-20-16(13-25-28-20)11-21(17)27-22(29)18-9-6-10-19(26-18)23(30)32-14-15-7-4-3-5-8-15/h3-13,31H,14H2,1-2H3,(H,25,28)(H,27,29). The SMILES string of the molecule is CC(C)(O)c1cc2[nH]ncc2cc1NC(=O)c1cccc(C(=O)OCc2ccccc2)n1. The first-order valence-corrected chi connectivity index (χ1v) is 10.0. The van der Waals surface area contributed by atoms with Crippen LogP contribution >= 0.6 is 0 Å². The number of hydrogen-bond donors (Lipinski definition) is 3. The number of carbonyl (C=O) groups is 2. The lowest BCUT2D eigenvalue weighted by Crippen LogP contribution is -2.22. The number of carbonyl (C=O) groups excluding carboxylic acids is 2. The predicted octanol–water partition coefficient (Wildman–Crippen LogP) is 3.79. The molecule has 2 aromatic heterocycles. The molecule has 2 aromatic carbocycles. The minimum atomic E-state index is -1.21. The van der Waals surface area contributed by atoms with E-state index in [0.717, 1.165) is 16.5 Å². The zero-order chi connectivity index (χ0) is 22.7. The molecule has 4 rings (SSSR count). The van der Waals surface area contributed by atoms with Crippen LogP contribution in [-0.2, 0) is 16.9 Å². The van der Waals surface area contributed by atoms with E-state index in [1.807, 2.05) is 30.3 Å². The molecule has 2 heterocycles. The summed E-state index contributed by atoms with van der Waals surface area (Å²) in [7, 11) is 0. The molecule has 0 aliphatic heterocycles. The summed E-state index contributed by atoms with van der Waals surface area (Å²) in [6.45, 7) is 3.36. The summed E-state index contributed by atoms with van der Waals surface area (Å²) in [6, 6.07) is 17.3. The van der Waals surface area contributed by atoms with Gasteiger partial charge in [-0.3, -0.25) is 9.89 Å². The van der Waals surface area contributed by atoms with Gasteiger partial charge in [0.15, 0.2) is 0 Å². The number of aromatic amines is 1. The van der Waals surface area contributed by atoms with Crippen molar-refractivity contribution in [2.75, 3.05) is 5.32 Å². The Kier molecular flexibility index (Phi) is 5.70. The average molecular weight is 430 g/mol. The number of aliphatic hydroxyl groups is 1. The molecule has 0 atom stereocenters. The number of nitrogens with one attached hydrogen (secondary N) is 2. The van der Waals surface area contributed by atoms with Gasteiger partial charge in [0, 0.05) is 16.6 Å². The zero-order valence-corrected chi connectivity index (χ0v) is 17.6. The molecule has 3 N–H and O–H groups in total. The highest BCUT2D eigenvalue weighted by atomic mass is 16.5. The number of pyridine rings is 1. The van der Waals surface area contributed by atoms with Gasteiger partial charge in [-0.2, -0.15) is 5.10 Å². The Morgan fingerprint density at radius 2 is 1.81 bits per heavy atom. The number of H-pyrrole nitrogens is 1. The molecule has 0 fully saturated rings. The minimum absolute atomic E-state index is 0.0292. The second-order valence-electron chi connectivity index (χ2n) is 7.84. The van der Waals surface area contributed by atoms with Crippen LogP contribution in [-0.4, -0.2) is 32.2 Å². The predicted molar refractivity (Wildman–Crippen MR) is 119 cm³/mol. The molecule has 8 heteroatoms. The molecular formula is C24H22N4O4. The van der Waals surface area contributed by atoms with Crippen molar-refractivity contribution in [1.82, 2.24) is 15.2 Å². The number of fused-ring (bicyclic) bond motifs is 1. The van der Waals surface area contributed by atoms with E-state index in [2.05, 4.69) is 20.5 Å². The first-order chi connectivity index (χ1) is 15.3. The molecular weight excluding hydrogens is 408 g/mol. The number of amides is 1. The molecule has 0 radical (unpaired) electrons. The first-order valence-electron chi connectivity index (χ1n) is 10.0. The Morgan fingerprint density at radius 3 is 2.56 bits per heavy atom. The third kappa shape index (κ3) is 4.65. The van der Waals surface area contributed by atoms with Gasteiger partial charge in [-0.05, 0) is 43.7 Å². The Hall–Kier alpha value is -4.04. The zero-order valence-electron chi connectivity index (χ0n) is 17.6. The Balaban J connectivity index is 1.54. The number of ether oxygens (including phenoxy) is 1. The van der Waals surface area contributed by atoms with Gasteiger partial charge in [0.05, 0.1) is 17.3 Å². The number of rotatable bonds is 6. The minimum Gasteiger partial charge on any atom is -0.456 e. The summed E-state index contributed by atoms with van der Waals surface area (Å²) in [5.74, 6) is -1.14. The maximum atomic E-state index is 12.9. The Labute approximate surface area is 184 Å². The van der Waals surface area contributed by atoms with E-state index in [-0.39, 0.29) is 18.0 Å². The van der Waals surface area contributed by atoms with Gasteiger partial charge in [-0.15, -0.1) is 0 Å². The van der Waals surface area contributed by atoms with Gasteiger partial charge in [-0.1, -0.05) is 36.4 Å². The molecule has 32 heavy (non-hydrogen) atoms. The van der Waals surface area contributed by atoms with E-state index in [1.165, 1.54) is 12.1 Å². The molecule has 4 aromatic rings. The summed E-state index contributed by atoms with van der Waals surface area (Å²) in [5.41, 5.74) is 1.40. The molecule has 0 saturated heterocycles. The fraction of sp³-hybridized carbons (Fsp3) is 0.167. The van der Waals surface area contributed by atoms with E-state index in [0.29, 0.717) is 11.3 Å². The van der Waals surface area contributed by atoms with Crippen molar-refractivity contribution >= 4 is 28.5 Å². The second kappa shape index (κ2) is 8.60. The van der Waals surface area contributed by atoms with Crippen molar-refractivity contribution in [3.05, 3.63) is 89.4 Å². The normalized spacial score (nSPS) is 11.3. The smallest absolute Gasteiger partial charge is 0.357 e. The molecule has 0 aliphatic carbocycles. The largest absolute Gasteiger partial charge is 0.456 e. The number of hydrogen-bond acceptors (Lipinski definition) is 6. The third-order valence-corrected chi connectivity index (χ3v) is 4.89. The van der Waals surface area contributed by atoms with Crippen LogP contribution in [0.2, 0.25) is 0 Å². The lowest BCUT2D eigenvalue weighted by Gasteiger charge is -2.22. The molecule has 0 bridgehead atoms. The molecule has 0 saturated carbocycles. The number of nitrogens with zero attached hydrogens (tertiary/aromatic N) is 2. The van der Waals surface area contributed by atoms with Crippen LogP contribution in [0.15, 0.2) is 66.9 Å². The van der Waals surface area contributed by atoms with Gasteiger partial charge in [0.2, 0.25) is 0 Å². The van der Waals surface area contributed by atoms with E-state index >= 15 is 0 Å². The molecule has 0 aliphatic rings. The van der Waals surface area contributed by atoms with Gasteiger partial charge >= 0.3 is 5.97 Å². The summed E-state index contributed by atoms with van der Waals surface area (Å²) < 4.78 is 5.29. The lowest BCUT2D eigenvalue weighted by atomic mass is 9.95. The average Bonchev–Trinajstić information content (AvgIpc) is 3.24.